The van der Waals surface area contributed by atoms with Crippen LogP contribution in [0.1, 0.15) is 53.9 Å². The molecule has 0 N–H and O–H groups in total. The van der Waals surface area contributed by atoms with Gasteiger partial charge in [-0.1, -0.05) is 18.9 Å². The predicted molar refractivity (Wildman–Crippen MR) is 61.5 cm³/mol. The molecular formula is C12H23N. The number of allylic oxidation sites excluding steroid dienone is 2. The maximum Gasteiger partial charge on any atom is 0.0446 e. The third-order valence-electron chi connectivity index (χ3n) is 1.67. The van der Waals surface area contributed by atoms with E-state index < -0.39 is 0 Å². The number of rotatable bonds is 5. The summed E-state index contributed by atoms with van der Waals surface area (Å²) in [6.45, 7) is 10.7. The average molecular weight is 181 g/mol. The molecule has 1 heteroatoms. The van der Waals surface area contributed by atoms with E-state index in [4.69, 9.17) is 0 Å². The summed E-state index contributed by atoms with van der Waals surface area (Å²) in [6.07, 6.45) is 5.82. The highest BCUT2D eigenvalue weighted by atomic mass is 14.8. The smallest absolute Gasteiger partial charge is 0.0446 e. The van der Waals surface area contributed by atoms with Gasteiger partial charge in [-0.15, -0.1) is 0 Å². The monoisotopic (exact) mass is 181 g/mol. The summed E-state index contributed by atoms with van der Waals surface area (Å²) in [5, 5.41) is 0. The first-order valence-corrected chi connectivity index (χ1v) is 5.27. The zero-order valence-electron chi connectivity index (χ0n) is 9.72. The first-order valence-electron chi connectivity index (χ1n) is 5.27. The minimum Gasteiger partial charge on any atom is -0.287 e. The van der Waals surface area contributed by atoms with Crippen LogP contribution in [0.5, 0.6) is 0 Å². The van der Waals surface area contributed by atoms with E-state index in [1.165, 1.54) is 24.1 Å². The number of hydrogen-bond acceptors (Lipinski definition) is 1. The van der Waals surface area contributed by atoms with Gasteiger partial charge in [-0.3, -0.25) is 4.99 Å². The van der Waals surface area contributed by atoms with Gasteiger partial charge in [-0.2, -0.15) is 0 Å². The van der Waals surface area contributed by atoms with Gasteiger partial charge in [0.1, 0.15) is 0 Å². The molecule has 0 fully saturated rings. The zero-order chi connectivity index (χ0) is 10.3. The lowest BCUT2D eigenvalue weighted by atomic mass is 10.1. The van der Waals surface area contributed by atoms with Crippen LogP contribution in [-0.2, 0) is 0 Å². The average Bonchev–Trinajstić information content (AvgIpc) is 1.98. The standard InChI is InChI=1S/C12H23N/c1-6-7-8-12(9-10(2)3)13-11(4)5/h9,11H,6-8H2,1-5H3. The van der Waals surface area contributed by atoms with Crippen LogP contribution in [0.3, 0.4) is 0 Å². The molecule has 0 atom stereocenters. The maximum absolute atomic E-state index is 4.59. The van der Waals surface area contributed by atoms with Crippen LogP contribution in [0.4, 0.5) is 0 Å². The SMILES string of the molecule is CCCCC(C=C(C)C)=NC(C)C. The van der Waals surface area contributed by atoms with E-state index in [1.54, 1.807) is 0 Å². The zero-order valence-corrected chi connectivity index (χ0v) is 9.72. The largest absolute Gasteiger partial charge is 0.287 e. The van der Waals surface area contributed by atoms with E-state index in [1.807, 2.05) is 0 Å². The van der Waals surface area contributed by atoms with Crippen LogP contribution >= 0.6 is 0 Å². The third-order valence-corrected chi connectivity index (χ3v) is 1.67. The fraction of sp³-hybridized carbons (Fsp3) is 0.750. The molecule has 1 nitrogen and oxygen atoms in total. The van der Waals surface area contributed by atoms with Crippen molar-refractivity contribution in [3.63, 3.8) is 0 Å². The minimum atomic E-state index is 0.419. The second-order valence-electron chi connectivity index (χ2n) is 4.04. The van der Waals surface area contributed by atoms with Crippen molar-refractivity contribution < 1.29 is 0 Å². The fourth-order valence-electron chi connectivity index (χ4n) is 1.20. The second kappa shape index (κ2) is 6.88. The highest BCUT2D eigenvalue weighted by Crippen LogP contribution is 2.03. The van der Waals surface area contributed by atoms with Gasteiger partial charge in [0.05, 0.1) is 0 Å². The quantitative estimate of drug-likeness (QED) is 0.569. The second-order valence-corrected chi connectivity index (χ2v) is 4.04. The summed E-state index contributed by atoms with van der Waals surface area (Å²) in [7, 11) is 0. The topological polar surface area (TPSA) is 12.4 Å². The van der Waals surface area contributed by atoms with E-state index in [0.29, 0.717) is 6.04 Å². The highest BCUT2D eigenvalue weighted by Gasteiger charge is 1.96. The number of aliphatic imine (C=N–C) groups is 1. The van der Waals surface area contributed by atoms with Gasteiger partial charge in [0, 0.05) is 11.8 Å². The molecule has 0 aliphatic carbocycles. The van der Waals surface area contributed by atoms with E-state index in [9.17, 15) is 0 Å². The maximum atomic E-state index is 4.59. The summed E-state index contributed by atoms with van der Waals surface area (Å²) in [4.78, 5) is 4.59. The Hall–Kier alpha value is -0.590. The van der Waals surface area contributed by atoms with Crippen molar-refractivity contribution in [2.75, 3.05) is 0 Å². The van der Waals surface area contributed by atoms with Gasteiger partial charge in [-0.05, 0) is 46.6 Å². The summed E-state index contributed by atoms with van der Waals surface area (Å²) in [5.41, 5.74) is 2.60. The van der Waals surface area contributed by atoms with Crippen molar-refractivity contribution in [1.82, 2.24) is 0 Å². The van der Waals surface area contributed by atoms with Crippen LogP contribution in [0.25, 0.3) is 0 Å². The molecule has 0 bridgehead atoms. The Labute approximate surface area is 83.0 Å². The first kappa shape index (κ1) is 12.4. The molecule has 0 aromatic carbocycles. The molecule has 0 aromatic heterocycles. The van der Waals surface area contributed by atoms with Crippen molar-refractivity contribution >= 4 is 5.71 Å². The molecule has 76 valence electrons. The van der Waals surface area contributed by atoms with Crippen LogP contribution in [0, 0.1) is 0 Å². The fourth-order valence-corrected chi connectivity index (χ4v) is 1.20. The van der Waals surface area contributed by atoms with Gasteiger partial charge >= 0.3 is 0 Å². The van der Waals surface area contributed by atoms with Crippen LogP contribution < -0.4 is 0 Å². The van der Waals surface area contributed by atoms with E-state index in [0.717, 1.165) is 6.42 Å². The molecule has 0 amide bonds. The van der Waals surface area contributed by atoms with Crippen molar-refractivity contribution in [3.05, 3.63) is 11.6 Å². The number of nitrogens with zero attached hydrogens (tertiary/aromatic N) is 1. The van der Waals surface area contributed by atoms with Crippen LogP contribution in [-0.4, -0.2) is 11.8 Å². The van der Waals surface area contributed by atoms with E-state index in [2.05, 4.69) is 45.7 Å². The molecule has 0 radical (unpaired) electrons. The van der Waals surface area contributed by atoms with Gasteiger partial charge in [0.15, 0.2) is 0 Å². The molecule has 0 aromatic rings. The molecule has 0 saturated carbocycles. The molecular weight excluding hydrogens is 158 g/mol. The minimum absolute atomic E-state index is 0.419. The van der Waals surface area contributed by atoms with E-state index >= 15 is 0 Å². The molecule has 13 heavy (non-hydrogen) atoms. The summed E-state index contributed by atoms with van der Waals surface area (Å²) in [6, 6.07) is 0.419. The number of unbranched alkanes of at least 4 members (excludes halogenated alkanes) is 1. The normalized spacial score (nSPS) is 12.0. The Morgan fingerprint density at radius 2 is 1.92 bits per heavy atom. The Morgan fingerprint density at radius 3 is 2.31 bits per heavy atom. The Balaban J connectivity index is 4.28. The molecule has 0 aliphatic rings. The molecule has 0 unspecified atom stereocenters. The molecule has 0 saturated heterocycles. The Morgan fingerprint density at radius 1 is 1.31 bits per heavy atom. The van der Waals surface area contributed by atoms with Crippen LogP contribution in [0.15, 0.2) is 16.6 Å². The Kier molecular flexibility index (Phi) is 6.56. The molecule has 0 rings (SSSR count). The van der Waals surface area contributed by atoms with Crippen LogP contribution in [0.2, 0.25) is 0 Å². The summed E-state index contributed by atoms with van der Waals surface area (Å²) < 4.78 is 0. The van der Waals surface area contributed by atoms with Crippen molar-refractivity contribution in [3.8, 4) is 0 Å². The summed E-state index contributed by atoms with van der Waals surface area (Å²) in [5.74, 6) is 0. The van der Waals surface area contributed by atoms with E-state index in [-0.39, 0.29) is 0 Å². The molecule has 0 heterocycles. The number of hydrogen-bond donors (Lipinski definition) is 0. The molecule has 0 aliphatic heterocycles. The lowest BCUT2D eigenvalue weighted by molar-refractivity contribution is 0.801. The van der Waals surface area contributed by atoms with Gasteiger partial charge in [-0.25, -0.2) is 0 Å². The van der Waals surface area contributed by atoms with Gasteiger partial charge in [0.25, 0.3) is 0 Å². The molecule has 0 spiro atoms. The lowest BCUT2D eigenvalue weighted by Crippen LogP contribution is -2.00. The predicted octanol–water partition coefficient (Wildman–Crippen LogP) is 3.99. The first-order chi connectivity index (χ1) is 6.06. The Bertz CT molecular complexity index is 183. The van der Waals surface area contributed by atoms with Crippen molar-refractivity contribution in [2.24, 2.45) is 4.99 Å². The van der Waals surface area contributed by atoms with Gasteiger partial charge < -0.3 is 0 Å². The van der Waals surface area contributed by atoms with Crippen molar-refractivity contribution in [1.29, 1.82) is 0 Å². The van der Waals surface area contributed by atoms with Crippen molar-refractivity contribution in [2.45, 2.75) is 59.9 Å². The van der Waals surface area contributed by atoms with Gasteiger partial charge in [0.2, 0.25) is 0 Å². The highest BCUT2D eigenvalue weighted by molar-refractivity contribution is 5.95. The third kappa shape index (κ3) is 7.76. The summed E-state index contributed by atoms with van der Waals surface area (Å²) >= 11 is 0. The lowest BCUT2D eigenvalue weighted by Gasteiger charge is -2.04.